The second-order valence-electron chi connectivity index (χ2n) is 4.82. The summed E-state index contributed by atoms with van der Waals surface area (Å²) in [6.07, 6.45) is 10.1. The van der Waals surface area contributed by atoms with Crippen molar-refractivity contribution in [3.63, 3.8) is 0 Å². The predicted molar refractivity (Wildman–Crippen MR) is 71.2 cm³/mol. The molecule has 0 fully saturated rings. The third-order valence-corrected chi connectivity index (χ3v) is 3.44. The van der Waals surface area contributed by atoms with Crippen molar-refractivity contribution in [1.29, 1.82) is 0 Å². The molecular weight excluding hydrogens is 212 g/mol. The molecule has 17 heavy (non-hydrogen) atoms. The van der Waals surface area contributed by atoms with E-state index in [0.29, 0.717) is 0 Å². The van der Waals surface area contributed by atoms with Crippen LogP contribution in [0.1, 0.15) is 57.6 Å². The fraction of sp³-hybridized carbons (Fsp3) is 0.769. The van der Waals surface area contributed by atoms with Crippen molar-refractivity contribution in [2.75, 3.05) is 0 Å². The SMILES string of the molecule is CCCCC(CC)CC(NN)c1cnn(C)c1. The van der Waals surface area contributed by atoms with Gasteiger partial charge in [0, 0.05) is 24.8 Å². The Hall–Kier alpha value is -0.870. The van der Waals surface area contributed by atoms with E-state index >= 15 is 0 Å². The third-order valence-electron chi connectivity index (χ3n) is 3.44. The maximum Gasteiger partial charge on any atom is 0.0538 e. The van der Waals surface area contributed by atoms with Gasteiger partial charge in [-0.25, -0.2) is 0 Å². The van der Waals surface area contributed by atoms with Crippen LogP contribution in [0.25, 0.3) is 0 Å². The van der Waals surface area contributed by atoms with E-state index in [1.807, 2.05) is 24.1 Å². The number of hydrogen-bond acceptors (Lipinski definition) is 3. The molecule has 0 radical (unpaired) electrons. The molecule has 1 aromatic heterocycles. The van der Waals surface area contributed by atoms with Crippen LogP contribution in [0.3, 0.4) is 0 Å². The summed E-state index contributed by atoms with van der Waals surface area (Å²) in [4.78, 5) is 0. The smallest absolute Gasteiger partial charge is 0.0538 e. The Morgan fingerprint density at radius 3 is 2.71 bits per heavy atom. The number of unbranched alkanes of at least 4 members (excludes halogenated alkanes) is 1. The summed E-state index contributed by atoms with van der Waals surface area (Å²) in [6, 6.07) is 0.227. The van der Waals surface area contributed by atoms with E-state index in [0.717, 1.165) is 12.3 Å². The lowest BCUT2D eigenvalue weighted by Gasteiger charge is -2.21. The molecule has 2 unspecified atom stereocenters. The Morgan fingerprint density at radius 1 is 1.47 bits per heavy atom. The standard InChI is InChI=1S/C13H26N4/c1-4-6-7-11(5-2)8-13(16-14)12-9-15-17(3)10-12/h9-11,13,16H,4-8,14H2,1-3H3. The Balaban J connectivity index is 2.55. The average molecular weight is 238 g/mol. The van der Waals surface area contributed by atoms with Crippen LogP contribution in [0.2, 0.25) is 0 Å². The summed E-state index contributed by atoms with van der Waals surface area (Å²) in [6.45, 7) is 4.50. The maximum atomic E-state index is 5.66. The fourth-order valence-electron chi connectivity index (χ4n) is 2.24. The highest BCUT2D eigenvalue weighted by Crippen LogP contribution is 2.25. The predicted octanol–water partition coefficient (Wildman–Crippen LogP) is 2.53. The maximum absolute atomic E-state index is 5.66. The summed E-state index contributed by atoms with van der Waals surface area (Å²) >= 11 is 0. The summed E-state index contributed by atoms with van der Waals surface area (Å²) < 4.78 is 1.83. The fourth-order valence-corrected chi connectivity index (χ4v) is 2.24. The number of nitrogens with two attached hydrogens (primary N) is 1. The van der Waals surface area contributed by atoms with Crippen molar-refractivity contribution in [3.8, 4) is 0 Å². The highest BCUT2D eigenvalue weighted by molar-refractivity contribution is 5.09. The largest absolute Gasteiger partial charge is 0.275 e. The highest BCUT2D eigenvalue weighted by atomic mass is 15.3. The number of hydrogen-bond donors (Lipinski definition) is 2. The lowest BCUT2D eigenvalue weighted by atomic mass is 9.90. The van der Waals surface area contributed by atoms with Gasteiger partial charge in [-0.3, -0.25) is 16.0 Å². The first-order chi connectivity index (χ1) is 8.21. The molecule has 4 heteroatoms. The molecule has 0 aliphatic rings. The molecule has 0 bridgehead atoms. The van der Waals surface area contributed by atoms with Gasteiger partial charge in [0.25, 0.3) is 0 Å². The second kappa shape index (κ2) is 7.45. The molecule has 0 saturated carbocycles. The minimum absolute atomic E-state index is 0.227. The Labute approximate surface area is 105 Å². The van der Waals surface area contributed by atoms with E-state index in [2.05, 4.69) is 24.4 Å². The minimum Gasteiger partial charge on any atom is -0.275 e. The zero-order valence-electron chi connectivity index (χ0n) is 11.3. The average Bonchev–Trinajstić information content (AvgIpc) is 2.76. The van der Waals surface area contributed by atoms with E-state index in [-0.39, 0.29) is 6.04 Å². The summed E-state index contributed by atoms with van der Waals surface area (Å²) in [5.41, 5.74) is 4.10. The first-order valence-electron chi connectivity index (χ1n) is 6.65. The number of rotatable bonds is 8. The van der Waals surface area contributed by atoms with Gasteiger partial charge in [-0.15, -0.1) is 0 Å². The Morgan fingerprint density at radius 2 is 2.24 bits per heavy atom. The van der Waals surface area contributed by atoms with Crippen LogP contribution in [0, 0.1) is 5.92 Å². The van der Waals surface area contributed by atoms with Gasteiger partial charge in [-0.05, 0) is 12.3 Å². The lowest BCUT2D eigenvalue weighted by molar-refractivity contribution is 0.356. The van der Waals surface area contributed by atoms with E-state index in [4.69, 9.17) is 5.84 Å². The lowest BCUT2D eigenvalue weighted by Crippen LogP contribution is -2.29. The first kappa shape index (κ1) is 14.2. The molecule has 0 aliphatic heterocycles. The van der Waals surface area contributed by atoms with Crippen molar-refractivity contribution in [2.45, 2.75) is 52.0 Å². The van der Waals surface area contributed by atoms with Crippen LogP contribution in [-0.2, 0) is 7.05 Å². The molecule has 1 rings (SSSR count). The number of nitrogens with one attached hydrogen (secondary N) is 1. The van der Waals surface area contributed by atoms with Crippen molar-refractivity contribution in [1.82, 2.24) is 15.2 Å². The van der Waals surface area contributed by atoms with Crippen molar-refractivity contribution in [2.24, 2.45) is 18.8 Å². The van der Waals surface area contributed by atoms with Crippen LogP contribution in [0.15, 0.2) is 12.4 Å². The third kappa shape index (κ3) is 4.48. The van der Waals surface area contributed by atoms with Crippen molar-refractivity contribution >= 4 is 0 Å². The van der Waals surface area contributed by atoms with Gasteiger partial charge >= 0.3 is 0 Å². The number of hydrazine groups is 1. The second-order valence-corrected chi connectivity index (χ2v) is 4.82. The van der Waals surface area contributed by atoms with Gasteiger partial charge in [0.15, 0.2) is 0 Å². The minimum atomic E-state index is 0.227. The molecule has 3 N–H and O–H groups in total. The topological polar surface area (TPSA) is 55.9 Å². The van der Waals surface area contributed by atoms with E-state index < -0.39 is 0 Å². The van der Waals surface area contributed by atoms with Crippen LogP contribution < -0.4 is 11.3 Å². The number of nitrogens with zero attached hydrogens (tertiary/aromatic N) is 2. The van der Waals surface area contributed by atoms with Crippen molar-refractivity contribution < 1.29 is 0 Å². The van der Waals surface area contributed by atoms with Crippen LogP contribution in [0.5, 0.6) is 0 Å². The first-order valence-corrected chi connectivity index (χ1v) is 6.65. The van der Waals surface area contributed by atoms with E-state index in [1.54, 1.807) is 0 Å². The van der Waals surface area contributed by atoms with Gasteiger partial charge in [0.1, 0.15) is 0 Å². The quantitative estimate of drug-likeness (QED) is 0.540. The van der Waals surface area contributed by atoms with Gasteiger partial charge in [-0.2, -0.15) is 5.10 Å². The number of aromatic nitrogens is 2. The molecule has 0 amide bonds. The number of aryl methyl sites for hydroxylation is 1. The van der Waals surface area contributed by atoms with E-state index in [1.165, 1.54) is 31.2 Å². The molecule has 0 aromatic carbocycles. The molecule has 1 aromatic rings. The Kier molecular flexibility index (Phi) is 6.22. The van der Waals surface area contributed by atoms with Crippen LogP contribution in [0.4, 0.5) is 0 Å². The van der Waals surface area contributed by atoms with E-state index in [9.17, 15) is 0 Å². The molecule has 2 atom stereocenters. The normalized spacial score (nSPS) is 14.8. The van der Waals surface area contributed by atoms with Gasteiger partial charge < -0.3 is 0 Å². The zero-order valence-corrected chi connectivity index (χ0v) is 11.3. The highest BCUT2D eigenvalue weighted by Gasteiger charge is 2.16. The summed E-state index contributed by atoms with van der Waals surface area (Å²) in [5, 5.41) is 4.20. The van der Waals surface area contributed by atoms with Gasteiger partial charge in [-0.1, -0.05) is 39.5 Å². The molecule has 4 nitrogen and oxygen atoms in total. The summed E-state index contributed by atoms with van der Waals surface area (Å²) in [7, 11) is 1.94. The van der Waals surface area contributed by atoms with Crippen molar-refractivity contribution in [3.05, 3.63) is 18.0 Å². The zero-order chi connectivity index (χ0) is 12.7. The monoisotopic (exact) mass is 238 g/mol. The van der Waals surface area contributed by atoms with Crippen LogP contribution >= 0.6 is 0 Å². The Bertz CT molecular complexity index is 308. The van der Waals surface area contributed by atoms with Gasteiger partial charge in [0.05, 0.1) is 6.20 Å². The molecular formula is C13H26N4. The molecule has 0 aliphatic carbocycles. The molecule has 0 saturated heterocycles. The van der Waals surface area contributed by atoms with Gasteiger partial charge in [0.2, 0.25) is 0 Å². The molecule has 0 spiro atoms. The molecule has 1 heterocycles. The molecule has 98 valence electrons. The van der Waals surface area contributed by atoms with Crippen LogP contribution in [-0.4, -0.2) is 9.78 Å². The summed E-state index contributed by atoms with van der Waals surface area (Å²) in [5.74, 6) is 6.41.